The molecule has 0 unspecified atom stereocenters. The lowest BCUT2D eigenvalue weighted by Gasteiger charge is -2.23. The minimum atomic E-state index is -1.08. The van der Waals surface area contributed by atoms with Gasteiger partial charge in [-0.3, -0.25) is 4.79 Å². The summed E-state index contributed by atoms with van der Waals surface area (Å²) in [5.41, 5.74) is -0.647. The smallest absolute Gasteiger partial charge is 0.407 e. The van der Waals surface area contributed by atoms with E-state index in [2.05, 4.69) is 5.32 Å². The van der Waals surface area contributed by atoms with E-state index in [-0.39, 0.29) is 32.0 Å². The Labute approximate surface area is 129 Å². The lowest BCUT2D eigenvalue weighted by atomic mass is 10.00. The molecule has 0 aromatic rings. The predicted molar refractivity (Wildman–Crippen MR) is 77.5 cm³/mol. The molecular formula is C14H24N2O6. The van der Waals surface area contributed by atoms with Crippen molar-refractivity contribution in [3.8, 4) is 0 Å². The Hall–Kier alpha value is -1.99. The molecule has 1 aliphatic rings. The van der Waals surface area contributed by atoms with Crippen molar-refractivity contribution in [2.45, 2.75) is 45.8 Å². The Morgan fingerprint density at radius 1 is 1.27 bits per heavy atom. The van der Waals surface area contributed by atoms with E-state index in [0.717, 1.165) is 0 Å². The van der Waals surface area contributed by atoms with Gasteiger partial charge in [0.25, 0.3) is 0 Å². The molecule has 1 saturated heterocycles. The normalized spacial score (nSPS) is 21.4. The summed E-state index contributed by atoms with van der Waals surface area (Å²) in [5, 5.41) is 11.7. The zero-order chi connectivity index (χ0) is 16.9. The zero-order valence-corrected chi connectivity index (χ0v) is 13.4. The molecule has 0 aromatic heterocycles. The van der Waals surface area contributed by atoms with Crippen LogP contribution in [0.2, 0.25) is 0 Å². The average molecular weight is 316 g/mol. The molecule has 0 spiro atoms. The maximum atomic E-state index is 11.8. The second-order valence-electron chi connectivity index (χ2n) is 6.21. The highest BCUT2D eigenvalue weighted by Gasteiger charge is 2.38. The summed E-state index contributed by atoms with van der Waals surface area (Å²) in [6, 6.07) is -0.477. The topological polar surface area (TPSA) is 105 Å². The molecule has 0 aliphatic carbocycles. The lowest BCUT2D eigenvalue weighted by molar-refractivity contribution is -0.144. The van der Waals surface area contributed by atoms with Crippen LogP contribution in [0.25, 0.3) is 0 Å². The number of carbonyl (C=O) groups is 3. The molecular weight excluding hydrogens is 292 g/mol. The molecule has 1 heterocycles. The van der Waals surface area contributed by atoms with Crippen LogP contribution >= 0.6 is 0 Å². The largest absolute Gasteiger partial charge is 0.466 e. The number of esters is 1. The third-order valence-electron chi connectivity index (χ3n) is 3.15. The third-order valence-corrected chi connectivity index (χ3v) is 3.15. The number of amides is 2. The van der Waals surface area contributed by atoms with Gasteiger partial charge in [-0.25, -0.2) is 9.59 Å². The quantitative estimate of drug-likeness (QED) is 0.760. The van der Waals surface area contributed by atoms with Crippen LogP contribution in [0.3, 0.4) is 0 Å². The minimum absolute atomic E-state index is 0.0537. The molecule has 1 rings (SSSR count). The Balaban J connectivity index is 2.68. The first-order chi connectivity index (χ1) is 10.1. The molecule has 22 heavy (non-hydrogen) atoms. The standard InChI is InChI=1S/C14H24N2O6/c1-5-21-11(17)6-9-7-16(13(19)20)8-10(9)15-12(18)22-14(2,3)4/h9-10H,5-8H2,1-4H3,(H,15,18)(H,19,20)/t9-,10-/m1/s1. The minimum Gasteiger partial charge on any atom is -0.466 e. The summed E-state index contributed by atoms with van der Waals surface area (Å²) in [6.07, 6.45) is -1.65. The fourth-order valence-corrected chi connectivity index (χ4v) is 2.29. The van der Waals surface area contributed by atoms with Crippen LogP contribution in [0.5, 0.6) is 0 Å². The van der Waals surface area contributed by atoms with Gasteiger partial charge in [-0.15, -0.1) is 0 Å². The summed E-state index contributed by atoms with van der Waals surface area (Å²) in [4.78, 5) is 35.7. The molecule has 0 radical (unpaired) electrons. The van der Waals surface area contributed by atoms with Gasteiger partial charge >= 0.3 is 18.2 Å². The van der Waals surface area contributed by atoms with Crippen molar-refractivity contribution in [2.24, 2.45) is 5.92 Å². The van der Waals surface area contributed by atoms with Crippen molar-refractivity contribution < 1.29 is 29.0 Å². The van der Waals surface area contributed by atoms with Crippen molar-refractivity contribution in [1.82, 2.24) is 10.2 Å². The molecule has 8 heteroatoms. The van der Waals surface area contributed by atoms with Crippen molar-refractivity contribution >= 4 is 18.2 Å². The van der Waals surface area contributed by atoms with Crippen LogP contribution in [0, 0.1) is 5.92 Å². The molecule has 0 bridgehead atoms. The fourth-order valence-electron chi connectivity index (χ4n) is 2.29. The number of alkyl carbamates (subject to hydrolysis) is 1. The molecule has 2 amide bonds. The molecule has 0 saturated carbocycles. The molecule has 2 N–H and O–H groups in total. The molecule has 8 nitrogen and oxygen atoms in total. The second-order valence-corrected chi connectivity index (χ2v) is 6.21. The first-order valence-corrected chi connectivity index (χ1v) is 7.25. The van der Waals surface area contributed by atoms with Gasteiger partial charge < -0.3 is 24.8 Å². The van der Waals surface area contributed by atoms with E-state index in [1.165, 1.54) is 4.90 Å². The van der Waals surface area contributed by atoms with Crippen LogP contribution in [-0.4, -0.2) is 59.5 Å². The Morgan fingerprint density at radius 3 is 2.41 bits per heavy atom. The number of nitrogens with one attached hydrogen (secondary N) is 1. The van der Waals surface area contributed by atoms with Gasteiger partial charge in [-0.2, -0.15) is 0 Å². The number of carbonyl (C=O) groups excluding carboxylic acids is 2. The summed E-state index contributed by atoms with van der Waals surface area (Å²) in [7, 11) is 0. The first-order valence-electron chi connectivity index (χ1n) is 7.25. The molecule has 1 fully saturated rings. The average Bonchev–Trinajstić information content (AvgIpc) is 2.70. The van der Waals surface area contributed by atoms with Crippen LogP contribution in [0.1, 0.15) is 34.1 Å². The molecule has 2 atom stereocenters. The summed E-state index contributed by atoms with van der Waals surface area (Å²) < 4.78 is 10.0. The number of nitrogens with zero attached hydrogens (tertiary/aromatic N) is 1. The summed E-state index contributed by atoms with van der Waals surface area (Å²) in [5.74, 6) is -0.738. The van der Waals surface area contributed by atoms with E-state index >= 15 is 0 Å². The van der Waals surface area contributed by atoms with E-state index in [9.17, 15) is 14.4 Å². The summed E-state index contributed by atoms with van der Waals surface area (Å²) >= 11 is 0. The van der Waals surface area contributed by atoms with Gasteiger partial charge in [0.1, 0.15) is 5.60 Å². The fraction of sp³-hybridized carbons (Fsp3) is 0.786. The number of likely N-dealkylation sites (tertiary alicyclic amines) is 1. The Kier molecular flexibility index (Phi) is 6.01. The zero-order valence-electron chi connectivity index (χ0n) is 13.4. The van der Waals surface area contributed by atoms with Gasteiger partial charge in [0, 0.05) is 19.0 Å². The number of hydrogen-bond acceptors (Lipinski definition) is 5. The first kappa shape index (κ1) is 18.1. The van der Waals surface area contributed by atoms with E-state index in [0.29, 0.717) is 0 Å². The van der Waals surface area contributed by atoms with Crippen molar-refractivity contribution in [2.75, 3.05) is 19.7 Å². The van der Waals surface area contributed by atoms with Gasteiger partial charge in [-0.05, 0) is 27.7 Å². The highest BCUT2D eigenvalue weighted by atomic mass is 16.6. The number of carboxylic acid groups (broad SMARTS) is 1. The van der Waals surface area contributed by atoms with E-state index in [1.807, 2.05) is 0 Å². The SMILES string of the molecule is CCOC(=O)C[C@@H]1CN(C(=O)O)C[C@H]1NC(=O)OC(C)(C)C. The number of rotatable bonds is 4. The Bertz CT molecular complexity index is 432. The van der Waals surface area contributed by atoms with Crippen molar-refractivity contribution in [3.05, 3.63) is 0 Å². The molecule has 0 aromatic carbocycles. The van der Waals surface area contributed by atoms with Crippen LogP contribution in [0.4, 0.5) is 9.59 Å². The molecule has 1 aliphatic heterocycles. The number of ether oxygens (including phenoxy) is 2. The summed E-state index contributed by atoms with van der Waals surface area (Å²) in [6.45, 7) is 7.47. The van der Waals surface area contributed by atoms with Crippen LogP contribution in [0.15, 0.2) is 0 Å². The van der Waals surface area contributed by atoms with E-state index in [1.54, 1.807) is 27.7 Å². The molecule has 126 valence electrons. The maximum Gasteiger partial charge on any atom is 0.407 e. The van der Waals surface area contributed by atoms with Crippen molar-refractivity contribution in [1.29, 1.82) is 0 Å². The predicted octanol–water partition coefficient (Wildman–Crippen LogP) is 1.44. The van der Waals surface area contributed by atoms with Crippen LogP contribution < -0.4 is 5.32 Å². The highest BCUT2D eigenvalue weighted by molar-refractivity contribution is 5.72. The second kappa shape index (κ2) is 7.33. The van der Waals surface area contributed by atoms with Crippen LogP contribution in [-0.2, 0) is 14.3 Å². The van der Waals surface area contributed by atoms with Gasteiger partial charge in [-0.1, -0.05) is 0 Å². The van der Waals surface area contributed by atoms with E-state index < -0.39 is 29.8 Å². The highest BCUT2D eigenvalue weighted by Crippen LogP contribution is 2.22. The lowest BCUT2D eigenvalue weighted by Crippen LogP contribution is -2.44. The van der Waals surface area contributed by atoms with E-state index in [4.69, 9.17) is 14.6 Å². The monoisotopic (exact) mass is 316 g/mol. The number of hydrogen-bond donors (Lipinski definition) is 2. The maximum absolute atomic E-state index is 11.8. The van der Waals surface area contributed by atoms with Gasteiger partial charge in [0.15, 0.2) is 0 Å². The Morgan fingerprint density at radius 2 is 1.91 bits per heavy atom. The third kappa shape index (κ3) is 5.79. The van der Waals surface area contributed by atoms with Gasteiger partial charge in [0.05, 0.1) is 19.1 Å². The van der Waals surface area contributed by atoms with Crippen molar-refractivity contribution in [3.63, 3.8) is 0 Å². The van der Waals surface area contributed by atoms with Gasteiger partial charge in [0.2, 0.25) is 0 Å².